The Balaban J connectivity index is 1.08. The fourth-order valence-corrected chi connectivity index (χ4v) is 5.63. The number of carbonyl (C=O) groups is 1. The highest BCUT2D eigenvalue weighted by Gasteiger charge is 2.26. The fraction of sp³-hybridized carbons (Fsp3) is 0.467. The number of aromatic nitrogens is 2. The van der Waals surface area contributed by atoms with Crippen LogP contribution in [0.5, 0.6) is 11.5 Å². The zero-order chi connectivity index (χ0) is 25.9. The Bertz CT molecular complexity index is 1260. The summed E-state index contributed by atoms with van der Waals surface area (Å²) in [4.78, 5) is 12.6. The number of fused-ring (bicyclic) bond motifs is 1. The number of ether oxygens (including phenoxy) is 2. The topological polar surface area (TPSA) is 65.4 Å². The number of halogens is 1. The van der Waals surface area contributed by atoms with Gasteiger partial charge in [0.1, 0.15) is 23.4 Å². The molecular weight excluding hydrogens is 469 g/mol. The zero-order valence-electron chi connectivity index (χ0n) is 21.9. The van der Waals surface area contributed by atoms with Crippen LogP contribution in [0.1, 0.15) is 72.7 Å². The van der Waals surface area contributed by atoms with Crippen molar-refractivity contribution in [2.45, 2.75) is 83.5 Å². The number of hydrogen-bond donors (Lipinski definition) is 1. The molecule has 2 heterocycles. The van der Waals surface area contributed by atoms with E-state index in [4.69, 9.17) is 9.47 Å². The van der Waals surface area contributed by atoms with Gasteiger partial charge < -0.3 is 14.8 Å². The number of carbonyl (C=O) groups excluding carboxylic acids is 1. The highest BCUT2D eigenvalue weighted by Crippen LogP contribution is 2.38. The summed E-state index contributed by atoms with van der Waals surface area (Å²) in [5, 5.41) is 7.66. The second-order valence-electron chi connectivity index (χ2n) is 10.4. The van der Waals surface area contributed by atoms with E-state index in [1.807, 2.05) is 43.8 Å². The first-order valence-corrected chi connectivity index (χ1v) is 13.4. The van der Waals surface area contributed by atoms with Gasteiger partial charge in [0.25, 0.3) is 0 Å². The van der Waals surface area contributed by atoms with E-state index in [0.717, 1.165) is 73.4 Å². The molecule has 0 saturated heterocycles. The van der Waals surface area contributed by atoms with Gasteiger partial charge in [-0.05, 0) is 94.2 Å². The second kappa shape index (κ2) is 11.0. The van der Waals surface area contributed by atoms with Crippen LogP contribution in [0.3, 0.4) is 0 Å². The first kappa shape index (κ1) is 25.3. The van der Waals surface area contributed by atoms with Crippen LogP contribution in [0.15, 0.2) is 42.5 Å². The van der Waals surface area contributed by atoms with Crippen LogP contribution in [-0.4, -0.2) is 27.8 Å². The highest BCUT2D eigenvalue weighted by atomic mass is 19.1. The fourth-order valence-electron chi connectivity index (χ4n) is 5.63. The molecule has 3 aromatic rings. The molecule has 1 amide bonds. The number of benzene rings is 2. The van der Waals surface area contributed by atoms with Gasteiger partial charge in [-0.1, -0.05) is 18.2 Å². The quantitative estimate of drug-likeness (QED) is 0.449. The van der Waals surface area contributed by atoms with Crippen molar-refractivity contribution < 1.29 is 18.7 Å². The molecule has 1 aliphatic heterocycles. The number of aryl methyl sites for hydroxylation is 3. The molecule has 37 heavy (non-hydrogen) atoms. The normalized spacial score (nSPS) is 21.1. The third-order valence-corrected chi connectivity index (χ3v) is 7.83. The molecule has 0 spiro atoms. The van der Waals surface area contributed by atoms with Gasteiger partial charge in [0.05, 0.1) is 11.8 Å². The van der Waals surface area contributed by atoms with Gasteiger partial charge in [0, 0.05) is 30.8 Å². The molecule has 1 unspecified atom stereocenters. The molecule has 0 radical (unpaired) electrons. The van der Waals surface area contributed by atoms with Crippen molar-refractivity contribution in [3.8, 4) is 11.5 Å². The Hall–Kier alpha value is -3.35. The van der Waals surface area contributed by atoms with E-state index < -0.39 is 0 Å². The molecule has 2 aliphatic rings. The summed E-state index contributed by atoms with van der Waals surface area (Å²) in [7, 11) is 1.94. The summed E-state index contributed by atoms with van der Waals surface area (Å²) >= 11 is 0. The molecule has 1 aliphatic carbocycles. The lowest BCUT2D eigenvalue weighted by Gasteiger charge is -2.30. The molecule has 2 aromatic carbocycles. The average Bonchev–Trinajstić information content (AvgIpc) is 3.14. The summed E-state index contributed by atoms with van der Waals surface area (Å²) in [6, 6.07) is 13.0. The first-order chi connectivity index (χ1) is 17.9. The minimum absolute atomic E-state index is 0.107. The van der Waals surface area contributed by atoms with Gasteiger partial charge in [-0.15, -0.1) is 0 Å². The minimum atomic E-state index is -0.261. The molecule has 1 fully saturated rings. The maximum Gasteiger partial charge on any atom is 0.220 e. The number of nitrogens with one attached hydrogen (secondary N) is 1. The number of hydrogen-bond acceptors (Lipinski definition) is 4. The smallest absolute Gasteiger partial charge is 0.220 e. The SMILES string of the molecule is Cc1nn(C)c(C)c1CCC(=O)N[C@H]1CC[C@H](Oc2ccc3c(c2)CCC(c2ccccc2F)O3)CC1. The van der Waals surface area contributed by atoms with E-state index in [-0.39, 0.29) is 30.0 Å². The van der Waals surface area contributed by atoms with Crippen LogP contribution < -0.4 is 14.8 Å². The lowest BCUT2D eigenvalue weighted by atomic mass is 9.92. The summed E-state index contributed by atoms with van der Waals surface area (Å²) < 4.78 is 28.5. The zero-order valence-corrected chi connectivity index (χ0v) is 21.9. The van der Waals surface area contributed by atoms with Crippen LogP contribution in [-0.2, 0) is 24.7 Å². The van der Waals surface area contributed by atoms with Gasteiger partial charge in [0.2, 0.25) is 5.91 Å². The lowest BCUT2D eigenvalue weighted by molar-refractivity contribution is -0.122. The van der Waals surface area contributed by atoms with E-state index in [0.29, 0.717) is 12.0 Å². The van der Waals surface area contributed by atoms with Crippen molar-refractivity contribution in [3.63, 3.8) is 0 Å². The highest BCUT2D eigenvalue weighted by molar-refractivity contribution is 5.76. The predicted octanol–water partition coefficient (Wildman–Crippen LogP) is 5.68. The Morgan fingerprint density at radius 2 is 1.92 bits per heavy atom. The molecule has 0 bridgehead atoms. The van der Waals surface area contributed by atoms with Crippen molar-refractivity contribution in [3.05, 3.63) is 76.4 Å². The van der Waals surface area contributed by atoms with Gasteiger partial charge in [-0.2, -0.15) is 5.10 Å². The molecule has 6 nitrogen and oxygen atoms in total. The van der Waals surface area contributed by atoms with Gasteiger partial charge >= 0.3 is 0 Å². The Morgan fingerprint density at radius 1 is 1.14 bits per heavy atom. The van der Waals surface area contributed by atoms with Gasteiger partial charge in [-0.3, -0.25) is 9.48 Å². The Kier molecular flexibility index (Phi) is 7.49. The molecule has 7 heteroatoms. The molecule has 1 N–H and O–H groups in total. The van der Waals surface area contributed by atoms with E-state index in [1.54, 1.807) is 12.1 Å². The summed E-state index contributed by atoms with van der Waals surface area (Å²) in [6.45, 7) is 4.05. The van der Waals surface area contributed by atoms with E-state index in [9.17, 15) is 9.18 Å². The maximum absolute atomic E-state index is 14.2. The number of amides is 1. The second-order valence-corrected chi connectivity index (χ2v) is 10.4. The van der Waals surface area contributed by atoms with Crippen LogP contribution in [0.25, 0.3) is 0 Å². The Morgan fingerprint density at radius 3 is 2.65 bits per heavy atom. The molecule has 1 aromatic heterocycles. The number of nitrogens with zero attached hydrogens (tertiary/aromatic N) is 2. The lowest BCUT2D eigenvalue weighted by Crippen LogP contribution is -2.39. The minimum Gasteiger partial charge on any atom is -0.490 e. The number of rotatable bonds is 7. The van der Waals surface area contributed by atoms with E-state index >= 15 is 0 Å². The standard InChI is InChI=1S/C30H36FN3O3/c1-19-25(20(2)34(3)33-19)14-17-30(35)32-22-9-11-23(12-10-22)36-24-13-16-28-21(18-24)8-15-29(37-28)26-6-4-5-7-27(26)31/h4-7,13,16,18,22-23,29H,8-12,14-15,17H2,1-3H3,(H,32,35)/t22-,23-,29?. The predicted molar refractivity (Wildman–Crippen MR) is 140 cm³/mol. The van der Waals surface area contributed by atoms with Crippen LogP contribution in [0, 0.1) is 19.7 Å². The van der Waals surface area contributed by atoms with Gasteiger partial charge in [-0.25, -0.2) is 4.39 Å². The first-order valence-electron chi connectivity index (χ1n) is 13.4. The maximum atomic E-state index is 14.2. The Labute approximate surface area is 218 Å². The molecule has 5 rings (SSSR count). The van der Waals surface area contributed by atoms with Crippen molar-refractivity contribution in [1.29, 1.82) is 0 Å². The van der Waals surface area contributed by atoms with Crippen molar-refractivity contribution in [1.82, 2.24) is 15.1 Å². The van der Waals surface area contributed by atoms with Crippen molar-refractivity contribution in [2.75, 3.05) is 0 Å². The third-order valence-electron chi connectivity index (χ3n) is 7.83. The largest absolute Gasteiger partial charge is 0.490 e. The third kappa shape index (κ3) is 5.81. The molecule has 1 saturated carbocycles. The molecular formula is C30H36FN3O3. The van der Waals surface area contributed by atoms with Crippen LogP contribution in [0.2, 0.25) is 0 Å². The van der Waals surface area contributed by atoms with Crippen LogP contribution >= 0.6 is 0 Å². The average molecular weight is 506 g/mol. The monoisotopic (exact) mass is 505 g/mol. The van der Waals surface area contributed by atoms with E-state index in [2.05, 4.69) is 16.5 Å². The molecule has 1 atom stereocenters. The molecule has 196 valence electrons. The van der Waals surface area contributed by atoms with Crippen molar-refractivity contribution >= 4 is 5.91 Å². The summed E-state index contributed by atoms with van der Waals surface area (Å²) in [6.07, 6.45) is 6.30. The summed E-state index contributed by atoms with van der Waals surface area (Å²) in [5.74, 6) is 1.54. The van der Waals surface area contributed by atoms with Gasteiger partial charge in [0.15, 0.2) is 0 Å². The van der Waals surface area contributed by atoms with E-state index in [1.165, 1.54) is 11.6 Å². The summed E-state index contributed by atoms with van der Waals surface area (Å²) in [5.41, 5.74) is 5.02. The van der Waals surface area contributed by atoms with Crippen molar-refractivity contribution in [2.24, 2.45) is 7.05 Å². The van der Waals surface area contributed by atoms with Crippen LogP contribution in [0.4, 0.5) is 4.39 Å².